The molecule has 2 aliphatic heterocycles. The summed E-state index contributed by atoms with van der Waals surface area (Å²) < 4.78 is 8.15. The fraction of sp³-hybridized carbons (Fsp3) is 0.625. The summed E-state index contributed by atoms with van der Waals surface area (Å²) in [5, 5.41) is 3.49. The highest BCUT2D eigenvalue weighted by atomic mass is 16.5. The molecule has 0 bridgehead atoms. The Bertz CT molecular complexity index is 612. The van der Waals surface area contributed by atoms with Crippen LogP contribution in [0.15, 0.2) is 18.3 Å². The van der Waals surface area contributed by atoms with E-state index in [1.165, 1.54) is 12.8 Å². The summed E-state index contributed by atoms with van der Waals surface area (Å²) in [6.07, 6.45) is 7.74. The molecule has 0 saturated carbocycles. The molecule has 2 aromatic heterocycles. The van der Waals surface area contributed by atoms with Crippen molar-refractivity contribution >= 4 is 11.2 Å². The van der Waals surface area contributed by atoms with Crippen LogP contribution in [0, 0.1) is 5.92 Å². The van der Waals surface area contributed by atoms with Gasteiger partial charge in [0.2, 0.25) is 0 Å². The highest BCUT2D eigenvalue weighted by Gasteiger charge is 2.25. The third-order valence-corrected chi connectivity index (χ3v) is 4.59. The van der Waals surface area contributed by atoms with Gasteiger partial charge in [0.1, 0.15) is 17.6 Å². The number of hydrogen-bond donors (Lipinski definition) is 1. The van der Waals surface area contributed by atoms with Crippen molar-refractivity contribution in [2.75, 3.05) is 19.7 Å². The van der Waals surface area contributed by atoms with Crippen molar-refractivity contribution in [3.05, 3.63) is 24.2 Å². The van der Waals surface area contributed by atoms with Crippen molar-refractivity contribution in [1.82, 2.24) is 19.9 Å². The molecule has 1 N–H and O–H groups in total. The molecule has 0 aromatic carbocycles. The van der Waals surface area contributed by atoms with Gasteiger partial charge in [-0.1, -0.05) is 0 Å². The summed E-state index contributed by atoms with van der Waals surface area (Å²) in [7, 11) is 0. The fourth-order valence-electron chi connectivity index (χ4n) is 3.54. The van der Waals surface area contributed by atoms with Gasteiger partial charge in [-0.3, -0.25) is 4.57 Å². The highest BCUT2D eigenvalue weighted by Crippen LogP contribution is 2.29. The molecule has 21 heavy (non-hydrogen) atoms. The van der Waals surface area contributed by atoms with E-state index in [-0.39, 0.29) is 6.23 Å². The number of imidazole rings is 1. The van der Waals surface area contributed by atoms with Gasteiger partial charge < -0.3 is 10.1 Å². The van der Waals surface area contributed by atoms with E-state index in [0.29, 0.717) is 5.92 Å². The summed E-state index contributed by atoms with van der Waals surface area (Å²) in [6.45, 7) is 3.10. The minimum atomic E-state index is 0.122. The average Bonchev–Trinajstić information content (AvgIpc) is 3.14. The second-order valence-corrected chi connectivity index (χ2v) is 6.13. The molecule has 2 unspecified atom stereocenters. The van der Waals surface area contributed by atoms with Gasteiger partial charge in [0.05, 0.1) is 0 Å². The van der Waals surface area contributed by atoms with Crippen molar-refractivity contribution in [3.63, 3.8) is 0 Å². The molecule has 4 rings (SSSR count). The Morgan fingerprint density at radius 2 is 2.33 bits per heavy atom. The Morgan fingerprint density at radius 1 is 1.33 bits per heavy atom. The van der Waals surface area contributed by atoms with Crippen LogP contribution in [0.1, 0.15) is 37.7 Å². The molecule has 5 nitrogen and oxygen atoms in total. The van der Waals surface area contributed by atoms with Crippen LogP contribution in [0.5, 0.6) is 0 Å². The van der Waals surface area contributed by atoms with Gasteiger partial charge in [0.15, 0.2) is 5.65 Å². The zero-order valence-electron chi connectivity index (χ0n) is 12.3. The first-order valence-corrected chi connectivity index (χ1v) is 8.06. The van der Waals surface area contributed by atoms with Crippen LogP contribution in [0.3, 0.4) is 0 Å². The number of nitrogens with zero attached hydrogens (tertiary/aromatic N) is 3. The summed E-state index contributed by atoms with van der Waals surface area (Å²) in [5.74, 6) is 1.82. The average molecular weight is 286 g/mol. The first kappa shape index (κ1) is 13.2. The van der Waals surface area contributed by atoms with E-state index in [1.54, 1.807) is 0 Å². The molecule has 0 radical (unpaired) electrons. The molecular weight excluding hydrogens is 264 g/mol. The van der Waals surface area contributed by atoms with E-state index in [2.05, 4.69) is 20.9 Å². The van der Waals surface area contributed by atoms with Gasteiger partial charge in [-0.05, 0) is 56.8 Å². The molecule has 2 fully saturated rings. The number of pyridine rings is 1. The first-order chi connectivity index (χ1) is 10.4. The van der Waals surface area contributed by atoms with Crippen LogP contribution in [-0.4, -0.2) is 34.2 Å². The Balaban J connectivity index is 1.70. The minimum Gasteiger partial charge on any atom is -0.358 e. The molecule has 2 aromatic rings. The van der Waals surface area contributed by atoms with Gasteiger partial charge >= 0.3 is 0 Å². The van der Waals surface area contributed by atoms with Crippen LogP contribution >= 0.6 is 0 Å². The quantitative estimate of drug-likeness (QED) is 0.940. The predicted octanol–water partition coefficient (Wildman–Crippen LogP) is 2.28. The first-order valence-electron chi connectivity index (χ1n) is 8.06. The van der Waals surface area contributed by atoms with E-state index in [1.807, 2.05) is 12.3 Å². The SMILES string of the molecule is c1cnc2c(c1)nc(CC1CCCNC1)n2C1CCCO1. The van der Waals surface area contributed by atoms with E-state index < -0.39 is 0 Å². The second-order valence-electron chi connectivity index (χ2n) is 6.13. The number of nitrogens with one attached hydrogen (secondary N) is 1. The zero-order chi connectivity index (χ0) is 14.1. The van der Waals surface area contributed by atoms with Gasteiger partial charge in [-0.15, -0.1) is 0 Å². The van der Waals surface area contributed by atoms with Crippen molar-refractivity contribution in [1.29, 1.82) is 0 Å². The lowest BCUT2D eigenvalue weighted by molar-refractivity contribution is 0.0565. The maximum absolute atomic E-state index is 5.90. The fourth-order valence-corrected chi connectivity index (χ4v) is 3.54. The molecule has 2 atom stereocenters. The zero-order valence-corrected chi connectivity index (χ0v) is 12.3. The molecular formula is C16H22N4O. The van der Waals surface area contributed by atoms with E-state index in [9.17, 15) is 0 Å². The minimum absolute atomic E-state index is 0.122. The van der Waals surface area contributed by atoms with Gasteiger partial charge in [-0.2, -0.15) is 0 Å². The van der Waals surface area contributed by atoms with E-state index in [4.69, 9.17) is 9.72 Å². The van der Waals surface area contributed by atoms with Crippen molar-refractivity contribution in [2.45, 2.75) is 38.3 Å². The number of rotatable bonds is 3. The maximum Gasteiger partial charge on any atom is 0.162 e. The van der Waals surface area contributed by atoms with Crippen molar-refractivity contribution in [2.24, 2.45) is 5.92 Å². The Morgan fingerprint density at radius 3 is 3.14 bits per heavy atom. The molecule has 0 spiro atoms. The van der Waals surface area contributed by atoms with E-state index >= 15 is 0 Å². The van der Waals surface area contributed by atoms with Crippen LogP contribution in [0.2, 0.25) is 0 Å². The van der Waals surface area contributed by atoms with Gasteiger partial charge in [-0.25, -0.2) is 9.97 Å². The van der Waals surface area contributed by atoms with Crippen LogP contribution in [0.25, 0.3) is 11.2 Å². The Labute approximate surface area is 124 Å². The van der Waals surface area contributed by atoms with E-state index in [0.717, 1.165) is 55.9 Å². The maximum atomic E-state index is 5.90. The number of fused-ring (bicyclic) bond motifs is 1. The third-order valence-electron chi connectivity index (χ3n) is 4.59. The molecule has 0 aliphatic carbocycles. The molecule has 2 aliphatic rings. The summed E-state index contributed by atoms with van der Waals surface area (Å²) in [5.41, 5.74) is 1.97. The number of aromatic nitrogens is 3. The molecule has 4 heterocycles. The predicted molar refractivity (Wildman–Crippen MR) is 81.0 cm³/mol. The third kappa shape index (κ3) is 2.56. The highest BCUT2D eigenvalue weighted by molar-refractivity contribution is 5.71. The summed E-state index contributed by atoms with van der Waals surface area (Å²) in [4.78, 5) is 9.39. The molecule has 0 amide bonds. The Kier molecular flexibility index (Phi) is 3.61. The number of piperidine rings is 1. The standard InChI is InChI=1S/C16H22N4O/c1-4-12(11-17-7-1)10-14-19-13-5-2-8-18-16(13)20(14)15-6-3-9-21-15/h2,5,8,12,15,17H,1,3-4,6-7,9-11H2. The number of hydrogen-bond acceptors (Lipinski definition) is 4. The molecule has 112 valence electrons. The Hall–Kier alpha value is -1.46. The monoisotopic (exact) mass is 286 g/mol. The van der Waals surface area contributed by atoms with Crippen LogP contribution in [0.4, 0.5) is 0 Å². The molecule has 5 heteroatoms. The normalized spacial score (nSPS) is 26.5. The number of ether oxygens (including phenoxy) is 1. The van der Waals surface area contributed by atoms with Crippen molar-refractivity contribution < 1.29 is 4.74 Å². The van der Waals surface area contributed by atoms with Gasteiger partial charge in [0.25, 0.3) is 0 Å². The molecule has 2 saturated heterocycles. The lowest BCUT2D eigenvalue weighted by Crippen LogP contribution is -2.31. The summed E-state index contributed by atoms with van der Waals surface area (Å²) in [6, 6.07) is 4.01. The lowest BCUT2D eigenvalue weighted by atomic mass is 9.96. The largest absolute Gasteiger partial charge is 0.358 e. The lowest BCUT2D eigenvalue weighted by Gasteiger charge is -2.23. The summed E-state index contributed by atoms with van der Waals surface area (Å²) >= 11 is 0. The van der Waals surface area contributed by atoms with Crippen LogP contribution < -0.4 is 5.32 Å². The van der Waals surface area contributed by atoms with Gasteiger partial charge in [0, 0.05) is 19.2 Å². The topological polar surface area (TPSA) is 52.0 Å². The second kappa shape index (κ2) is 5.73. The smallest absolute Gasteiger partial charge is 0.162 e. The van der Waals surface area contributed by atoms with Crippen molar-refractivity contribution in [3.8, 4) is 0 Å². The van der Waals surface area contributed by atoms with Crippen LogP contribution in [-0.2, 0) is 11.2 Å².